The molecule has 0 radical (unpaired) electrons. The summed E-state index contributed by atoms with van der Waals surface area (Å²) in [6.45, 7) is 5.80. The highest BCUT2D eigenvalue weighted by Gasteiger charge is 2.50. The summed E-state index contributed by atoms with van der Waals surface area (Å²) in [5.41, 5.74) is 2.92. The number of nitrogens with zero attached hydrogens (tertiary/aromatic N) is 1. The van der Waals surface area contributed by atoms with Crippen molar-refractivity contribution in [3.8, 4) is 0 Å². The van der Waals surface area contributed by atoms with Crippen molar-refractivity contribution in [2.45, 2.75) is 44.9 Å². The van der Waals surface area contributed by atoms with E-state index in [0.717, 1.165) is 12.0 Å². The highest BCUT2D eigenvalue weighted by molar-refractivity contribution is 7.90. The Bertz CT molecular complexity index is 782. The molecule has 8 nitrogen and oxygen atoms in total. The first-order chi connectivity index (χ1) is 12.3. The molecule has 1 aliphatic carbocycles. The Labute approximate surface area is 153 Å². The lowest BCUT2D eigenvalue weighted by Crippen LogP contribution is -2.51. The average molecular weight is 381 g/mol. The van der Waals surface area contributed by atoms with Gasteiger partial charge in [0.1, 0.15) is 0 Å². The van der Waals surface area contributed by atoms with Crippen LogP contribution in [0.4, 0.5) is 4.79 Å². The summed E-state index contributed by atoms with van der Waals surface area (Å²) < 4.78 is 26.1. The van der Waals surface area contributed by atoms with Crippen LogP contribution < -0.4 is 10.1 Å². The van der Waals surface area contributed by atoms with E-state index in [1.807, 2.05) is 19.3 Å². The number of imide groups is 1. The number of carbonyl (C=O) groups is 3. The van der Waals surface area contributed by atoms with Crippen molar-refractivity contribution in [1.29, 1.82) is 0 Å². The molecule has 2 fully saturated rings. The molecular weight excluding hydrogens is 358 g/mol. The molecule has 2 unspecified atom stereocenters. The molecule has 142 valence electrons. The predicted molar refractivity (Wildman–Crippen MR) is 94.1 cm³/mol. The van der Waals surface area contributed by atoms with Gasteiger partial charge < -0.3 is 0 Å². The normalized spacial score (nSPS) is 21.7. The van der Waals surface area contributed by atoms with Crippen LogP contribution in [0.3, 0.4) is 0 Å². The summed E-state index contributed by atoms with van der Waals surface area (Å²) in [6, 6.07) is 4.78. The van der Waals surface area contributed by atoms with Gasteiger partial charge in [0.2, 0.25) is 0 Å². The molecule has 1 aromatic carbocycles. The molecule has 1 saturated heterocycles. The van der Waals surface area contributed by atoms with Gasteiger partial charge in [-0.25, -0.2) is 23.4 Å². The van der Waals surface area contributed by atoms with E-state index < -0.39 is 39.7 Å². The molecule has 2 aliphatic rings. The molecule has 1 aliphatic heterocycles. The lowest BCUT2D eigenvalue weighted by molar-refractivity contribution is -0.143. The molecule has 1 saturated carbocycles. The van der Waals surface area contributed by atoms with Crippen LogP contribution in [0.1, 0.15) is 38.7 Å². The molecular formula is C17H23N3O5S. The zero-order chi connectivity index (χ0) is 19.5. The van der Waals surface area contributed by atoms with Gasteiger partial charge in [-0.2, -0.15) is 5.01 Å². The fourth-order valence-electron chi connectivity index (χ4n) is 3.12. The molecule has 2 N–H and O–H groups in total. The largest absolute Gasteiger partial charge is 0.347 e. The molecule has 26 heavy (non-hydrogen) atoms. The minimum Gasteiger partial charge on any atom is -0.272 e. The van der Waals surface area contributed by atoms with Crippen molar-refractivity contribution in [3.63, 3.8) is 0 Å². The van der Waals surface area contributed by atoms with Gasteiger partial charge in [-0.05, 0) is 31.9 Å². The third-order valence-electron chi connectivity index (χ3n) is 4.36. The second-order valence-corrected chi connectivity index (χ2v) is 7.70. The minimum absolute atomic E-state index is 0.0841. The maximum atomic E-state index is 12.1. The predicted octanol–water partition coefficient (Wildman–Crippen LogP) is 1.71. The van der Waals surface area contributed by atoms with Crippen molar-refractivity contribution >= 4 is 27.9 Å². The number of benzene rings is 1. The number of fused-ring (bicyclic) bond motifs is 1. The minimum atomic E-state index is -4.08. The van der Waals surface area contributed by atoms with E-state index >= 15 is 0 Å². The number of aryl methyl sites for hydroxylation is 1. The number of sulfonamides is 1. The van der Waals surface area contributed by atoms with Crippen molar-refractivity contribution in [3.05, 3.63) is 29.8 Å². The van der Waals surface area contributed by atoms with Crippen LogP contribution in [0.5, 0.6) is 0 Å². The second-order valence-electron chi connectivity index (χ2n) is 6.02. The summed E-state index contributed by atoms with van der Waals surface area (Å²) in [5, 5.41) is 0.633. The fraction of sp³-hybridized carbons (Fsp3) is 0.471. The topological polar surface area (TPSA) is 113 Å². The number of amides is 4. The Hall–Kier alpha value is -2.42. The van der Waals surface area contributed by atoms with E-state index in [0.29, 0.717) is 17.9 Å². The SMILES string of the molecule is CC.Cc1ccc(S(=O)(=O)NC(=O)NN2C(=O)C3CCCC3C2=O)cc1. The first kappa shape index (κ1) is 19.9. The Morgan fingerprint density at radius 3 is 2.04 bits per heavy atom. The number of urea groups is 1. The maximum absolute atomic E-state index is 12.1. The summed E-state index contributed by atoms with van der Waals surface area (Å²) in [7, 11) is -4.08. The zero-order valence-corrected chi connectivity index (χ0v) is 15.8. The van der Waals surface area contributed by atoms with E-state index in [-0.39, 0.29) is 4.90 Å². The zero-order valence-electron chi connectivity index (χ0n) is 15.0. The summed E-state index contributed by atoms with van der Waals surface area (Å²) in [6.07, 6.45) is 2.02. The van der Waals surface area contributed by atoms with Crippen molar-refractivity contribution < 1.29 is 22.8 Å². The molecule has 2 atom stereocenters. The lowest BCUT2D eigenvalue weighted by atomic mass is 10.00. The molecule has 0 bridgehead atoms. The molecule has 9 heteroatoms. The molecule has 0 aromatic heterocycles. The first-order valence-electron chi connectivity index (χ1n) is 8.57. The Morgan fingerprint density at radius 2 is 1.54 bits per heavy atom. The van der Waals surface area contributed by atoms with Crippen molar-refractivity contribution in [1.82, 2.24) is 15.2 Å². The Morgan fingerprint density at radius 1 is 1.04 bits per heavy atom. The first-order valence-corrected chi connectivity index (χ1v) is 10.1. The van der Waals surface area contributed by atoms with Gasteiger partial charge >= 0.3 is 6.03 Å². The standard InChI is InChI=1S/C15H17N3O5S.C2H6/c1-9-5-7-10(8-6-9)24(22,23)17-15(21)16-18-13(19)11-3-2-4-12(11)14(18)20;1-2/h5-8,11-12H,2-4H2,1H3,(H2,16,17,21);1-2H3. The van der Waals surface area contributed by atoms with E-state index in [4.69, 9.17) is 0 Å². The van der Waals surface area contributed by atoms with Crippen LogP contribution in [0, 0.1) is 18.8 Å². The molecule has 0 spiro atoms. The number of carbonyl (C=O) groups excluding carboxylic acids is 3. The molecule has 3 rings (SSSR count). The van der Waals surface area contributed by atoms with E-state index in [2.05, 4.69) is 0 Å². The fourth-order valence-corrected chi connectivity index (χ4v) is 4.03. The highest BCUT2D eigenvalue weighted by atomic mass is 32.2. The van der Waals surface area contributed by atoms with Crippen molar-refractivity contribution in [2.24, 2.45) is 11.8 Å². The molecule has 4 amide bonds. The Kier molecular flexibility index (Phi) is 6.01. The van der Waals surface area contributed by atoms with Crippen LogP contribution >= 0.6 is 0 Å². The van der Waals surface area contributed by atoms with Gasteiger partial charge in [-0.1, -0.05) is 38.0 Å². The number of hydrazine groups is 1. The van der Waals surface area contributed by atoms with Gasteiger partial charge in [0.05, 0.1) is 16.7 Å². The highest BCUT2D eigenvalue weighted by Crippen LogP contribution is 2.38. The van der Waals surface area contributed by atoms with Crippen molar-refractivity contribution in [2.75, 3.05) is 0 Å². The number of rotatable bonds is 3. The van der Waals surface area contributed by atoms with E-state index in [1.54, 1.807) is 23.8 Å². The number of nitrogens with one attached hydrogen (secondary N) is 2. The van der Waals surface area contributed by atoms with Crippen LogP contribution in [0.15, 0.2) is 29.2 Å². The number of hydrogen-bond donors (Lipinski definition) is 2. The third kappa shape index (κ3) is 3.87. The van der Waals surface area contributed by atoms with Crippen LogP contribution in [0.25, 0.3) is 0 Å². The summed E-state index contributed by atoms with van der Waals surface area (Å²) in [5.74, 6) is -1.78. The van der Waals surface area contributed by atoms with Gasteiger partial charge in [0.15, 0.2) is 0 Å². The van der Waals surface area contributed by atoms with Gasteiger partial charge in [-0.15, -0.1) is 0 Å². The van der Waals surface area contributed by atoms with E-state index in [9.17, 15) is 22.8 Å². The van der Waals surface area contributed by atoms with Gasteiger partial charge in [0, 0.05) is 0 Å². The van der Waals surface area contributed by atoms with Crippen LogP contribution in [0.2, 0.25) is 0 Å². The van der Waals surface area contributed by atoms with Crippen LogP contribution in [-0.4, -0.2) is 31.3 Å². The molecule has 1 aromatic rings. The molecule has 1 heterocycles. The lowest BCUT2D eigenvalue weighted by Gasteiger charge is -2.17. The van der Waals surface area contributed by atoms with Gasteiger partial charge in [-0.3, -0.25) is 9.59 Å². The summed E-state index contributed by atoms with van der Waals surface area (Å²) >= 11 is 0. The van der Waals surface area contributed by atoms with E-state index in [1.165, 1.54) is 12.1 Å². The Balaban J connectivity index is 0.00000117. The quantitative estimate of drug-likeness (QED) is 0.774. The van der Waals surface area contributed by atoms with Crippen LogP contribution in [-0.2, 0) is 19.6 Å². The monoisotopic (exact) mass is 381 g/mol. The van der Waals surface area contributed by atoms with Gasteiger partial charge in [0.25, 0.3) is 21.8 Å². The third-order valence-corrected chi connectivity index (χ3v) is 5.71. The number of hydrogen-bond acceptors (Lipinski definition) is 5. The average Bonchev–Trinajstić information content (AvgIpc) is 3.16. The smallest absolute Gasteiger partial charge is 0.272 e. The maximum Gasteiger partial charge on any atom is 0.347 e. The second kappa shape index (κ2) is 7.86. The summed E-state index contributed by atoms with van der Waals surface area (Å²) in [4.78, 5) is 36.1.